The molecule has 2 aromatic rings. The van der Waals surface area contributed by atoms with Crippen molar-refractivity contribution in [2.45, 2.75) is 38.5 Å². The number of aromatic nitrogens is 3. The van der Waals surface area contributed by atoms with Gasteiger partial charge in [-0.2, -0.15) is 0 Å². The van der Waals surface area contributed by atoms with Crippen molar-refractivity contribution in [3.05, 3.63) is 28.7 Å². The molecule has 8 nitrogen and oxygen atoms in total. The Hall–Kier alpha value is -2.48. The summed E-state index contributed by atoms with van der Waals surface area (Å²) in [6, 6.07) is 3.68. The average Bonchev–Trinajstić information content (AvgIpc) is 2.80. The third-order valence-corrected chi connectivity index (χ3v) is 6.30. The molecule has 1 amide bonds. The molecule has 1 atom stereocenters. The van der Waals surface area contributed by atoms with Gasteiger partial charge in [0.05, 0.1) is 5.92 Å². The van der Waals surface area contributed by atoms with Crippen LogP contribution in [0.2, 0.25) is 0 Å². The van der Waals surface area contributed by atoms with Crippen LogP contribution in [0.5, 0.6) is 0 Å². The number of piperidine rings is 2. The number of likely N-dealkylation sites (tertiary alicyclic amines) is 1. The Bertz CT molecular complexity index is 937. The van der Waals surface area contributed by atoms with Crippen LogP contribution in [-0.2, 0) is 11.8 Å². The number of hydrogen-bond acceptors (Lipinski definition) is 6. The van der Waals surface area contributed by atoms with Crippen molar-refractivity contribution in [2.24, 2.45) is 13.0 Å². The highest BCUT2D eigenvalue weighted by Crippen LogP contribution is 2.21. The van der Waals surface area contributed by atoms with Crippen LogP contribution in [0.4, 0.5) is 5.82 Å². The fourth-order valence-corrected chi connectivity index (χ4v) is 4.57. The standard InChI is InChI=1S/C22H32N6O2/c1-26-19-18(9-5-10-23-19)25-20(22(26)30)28-15-6-8-17(16-28)21(29)24-11-7-14-27-12-3-2-4-13-27/h5,9-10,17H,2-4,6-8,11-16H2,1H3,(H,24,29). The van der Waals surface area contributed by atoms with E-state index in [9.17, 15) is 9.59 Å². The van der Waals surface area contributed by atoms with Crippen LogP contribution >= 0.6 is 0 Å². The molecule has 2 aliphatic heterocycles. The van der Waals surface area contributed by atoms with E-state index in [0.29, 0.717) is 30.1 Å². The van der Waals surface area contributed by atoms with Crippen LogP contribution in [0.1, 0.15) is 38.5 Å². The molecule has 0 radical (unpaired) electrons. The molecular formula is C22H32N6O2. The van der Waals surface area contributed by atoms with E-state index in [4.69, 9.17) is 0 Å². The maximum atomic E-state index is 12.8. The van der Waals surface area contributed by atoms with Crippen LogP contribution in [0, 0.1) is 5.92 Å². The maximum Gasteiger partial charge on any atom is 0.294 e. The molecule has 2 fully saturated rings. The summed E-state index contributed by atoms with van der Waals surface area (Å²) in [6.07, 6.45) is 8.31. The number of carbonyl (C=O) groups excluding carboxylic acids is 1. The van der Waals surface area contributed by atoms with Gasteiger partial charge in [0.15, 0.2) is 11.5 Å². The fourth-order valence-electron chi connectivity index (χ4n) is 4.57. The minimum atomic E-state index is -0.163. The maximum absolute atomic E-state index is 12.8. The van der Waals surface area contributed by atoms with E-state index in [1.807, 2.05) is 17.0 Å². The molecule has 2 aliphatic rings. The first-order chi connectivity index (χ1) is 14.6. The van der Waals surface area contributed by atoms with Crippen LogP contribution in [0.3, 0.4) is 0 Å². The van der Waals surface area contributed by atoms with Crippen molar-refractivity contribution in [3.63, 3.8) is 0 Å². The molecule has 162 valence electrons. The number of aryl methyl sites for hydroxylation is 1. The highest BCUT2D eigenvalue weighted by atomic mass is 16.2. The molecule has 2 aromatic heterocycles. The van der Waals surface area contributed by atoms with Crippen LogP contribution in [0.15, 0.2) is 23.1 Å². The van der Waals surface area contributed by atoms with E-state index in [2.05, 4.69) is 20.2 Å². The van der Waals surface area contributed by atoms with Gasteiger partial charge in [-0.3, -0.25) is 14.2 Å². The van der Waals surface area contributed by atoms with E-state index in [0.717, 1.165) is 32.4 Å². The molecule has 1 N–H and O–H groups in total. The quantitative estimate of drug-likeness (QED) is 0.725. The second-order valence-electron chi connectivity index (χ2n) is 8.48. The number of nitrogens with one attached hydrogen (secondary N) is 1. The van der Waals surface area contributed by atoms with Gasteiger partial charge in [-0.1, -0.05) is 6.42 Å². The molecule has 0 aromatic carbocycles. The second-order valence-corrected chi connectivity index (χ2v) is 8.48. The highest BCUT2D eigenvalue weighted by Gasteiger charge is 2.28. The summed E-state index contributed by atoms with van der Waals surface area (Å²) in [4.78, 5) is 38.9. The number of carbonyl (C=O) groups is 1. The van der Waals surface area contributed by atoms with Crippen molar-refractivity contribution in [3.8, 4) is 0 Å². The first-order valence-corrected chi connectivity index (χ1v) is 11.2. The first-order valence-electron chi connectivity index (χ1n) is 11.2. The smallest absolute Gasteiger partial charge is 0.294 e. The second kappa shape index (κ2) is 9.55. The van der Waals surface area contributed by atoms with E-state index in [1.54, 1.807) is 17.8 Å². The molecule has 8 heteroatoms. The third kappa shape index (κ3) is 4.64. The third-order valence-electron chi connectivity index (χ3n) is 6.30. The van der Waals surface area contributed by atoms with Crippen molar-refractivity contribution >= 4 is 22.9 Å². The molecule has 30 heavy (non-hydrogen) atoms. The van der Waals surface area contributed by atoms with E-state index < -0.39 is 0 Å². The number of rotatable bonds is 6. The molecule has 0 bridgehead atoms. The average molecular weight is 413 g/mol. The number of pyridine rings is 1. The highest BCUT2D eigenvalue weighted by molar-refractivity contribution is 5.79. The van der Waals surface area contributed by atoms with Crippen LogP contribution in [0.25, 0.3) is 11.2 Å². The summed E-state index contributed by atoms with van der Waals surface area (Å²) in [6.45, 7) is 5.43. The van der Waals surface area contributed by atoms with Crippen molar-refractivity contribution in [1.82, 2.24) is 24.8 Å². The van der Waals surface area contributed by atoms with Crippen molar-refractivity contribution in [1.29, 1.82) is 0 Å². The van der Waals surface area contributed by atoms with Crippen LogP contribution in [-0.4, -0.2) is 64.6 Å². The Morgan fingerprint density at radius 3 is 2.87 bits per heavy atom. The fraction of sp³-hybridized carbons (Fsp3) is 0.636. The Morgan fingerprint density at radius 1 is 1.20 bits per heavy atom. The number of nitrogens with zero attached hydrogens (tertiary/aromatic N) is 5. The van der Waals surface area contributed by atoms with E-state index in [1.165, 1.54) is 32.4 Å². The summed E-state index contributed by atoms with van der Waals surface area (Å²) in [5.41, 5.74) is 1.11. The Labute approximate surface area is 177 Å². The Morgan fingerprint density at radius 2 is 2.03 bits per heavy atom. The summed E-state index contributed by atoms with van der Waals surface area (Å²) in [5.74, 6) is 0.406. The zero-order valence-electron chi connectivity index (χ0n) is 17.8. The molecule has 1 unspecified atom stereocenters. The molecule has 0 aliphatic carbocycles. The lowest BCUT2D eigenvalue weighted by Gasteiger charge is -2.32. The van der Waals surface area contributed by atoms with Crippen LogP contribution < -0.4 is 15.8 Å². The van der Waals surface area contributed by atoms with Gasteiger partial charge in [-0.05, 0) is 63.9 Å². The van der Waals surface area contributed by atoms with Crippen molar-refractivity contribution < 1.29 is 4.79 Å². The molecule has 4 heterocycles. The van der Waals surface area contributed by atoms with Gasteiger partial charge in [0.1, 0.15) is 5.52 Å². The Kier molecular flexibility index (Phi) is 6.62. The van der Waals surface area contributed by atoms with E-state index in [-0.39, 0.29) is 17.4 Å². The van der Waals surface area contributed by atoms with Gasteiger partial charge in [0.2, 0.25) is 5.91 Å². The monoisotopic (exact) mass is 412 g/mol. The summed E-state index contributed by atoms with van der Waals surface area (Å²) < 4.78 is 1.54. The zero-order chi connectivity index (χ0) is 20.9. The van der Waals surface area contributed by atoms with Crippen molar-refractivity contribution in [2.75, 3.05) is 44.2 Å². The van der Waals surface area contributed by atoms with Gasteiger partial charge >= 0.3 is 0 Å². The zero-order valence-corrected chi connectivity index (χ0v) is 17.8. The lowest BCUT2D eigenvalue weighted by atomic mass is 9.97. The summed E-state index contributed by atoms with van der Waals surface area (Å²) >= 11 is 0. The minimum Gasteiger partial charge on any atom is -0.356 e. The number of hydrogen-bond donors (Lipinski definition) is 1. The predicted molar refractivity (Wildman–Crippen MR) is 118 cm³/mol. The Balaban J connectivity index is 1.35. The molecule has 0 spiro atoms. The summed E-state index contributed by atoms with van der Waals surface area (Å²) in [5, 5.41) is 3.11. The molecule has 4 rings (SSSR count). The lowest BCUT2D eigenvalue weighted by Crippen LogP contribution is -2.46. The molecular weight excluding hydrogens is 380 g/mol. The number of anilines is 1. The summed E-state index contributed by atoms with van der Waals surface area (Å²) in [7, 11) is 1.72. The lowest BCUT2D eigenvalue weighted by molar-refractivity contribution is -0.125. The van der Waals surface area contributed by atoms with E-state index >= 15 is 0 Å². The minimum absolute atomic E-state index is 0.0950. The van der Waals surface area contributed by atoms with Gasteiger partial charge in [0, 0.05) is 32.9 Å². The number of fused-ring (bicyclic) bond motifs is 1. The van der Waals surface area contributed by atoms with Gasteiger partial charge in [0.25, 0.3) is 5.56 Å². The van der Waals surface area contributed by atoms with Gasteiger partial charge in [-0.25, -0.2) is 9.97 Å². The predicted octanol–water partition coefficient (Wildman–Crippen LogP) is 1.54. The van der Waals surface area contributed by atoms with Gasteiger partial charge in [-0.15, -0.1) is 0 Å². The largest absolute Gasteiger partial charge is 0.356 e. The topological polar surface area (TPSA) is 83.4 Å². The first kappa shape index (κ1) is 20.8. The molecule has 2 saturated heterocycles. The number of amides is 1. The SMILES string of the molecule is Cn1c(=O)c(N2CCCC(C(=O)NCCCN3CCCCC3)C2)nc2cccnc21. The molecule has 0 saturated carbocycles. The normalized spacial score (nSPS) is 20.4. The van der Waals surface area contributed by atoms with Gasteiger partial charge < -0.3 is 15.1 Å².